The van der Waals surface area contributed by atoms with Crippen molar-refractivity contribution in [2.24, 2.45) is 5.84 Å². The largest absolute Gasteiger partial charge is 0.467 e. The maximum Gasteiger partial charge on any atom is 0.330 e. The summed E-state index contributed by atoms with van der Waals surface area (Å²) in [5.41, 5.74) is 3.36. The summed E-state index contributed by atoms with van der Waals surface area (Å²) in [5, 5.41) is 0. The number of nitrogen functional groups attached to an aromatic ring is 1. The normalized spacial score (nSPS) is 10.1. The first kappa shape index (κ1) is 13.5. The van der Waals surface area contributed by atoms with E-state index in [1.54, 1.807) is 6.07 Å². The first-order chi connectivity index (χ1) is 9.12. The molecule has 3 N–H and O–H groups in total. The Kier molecular flexibility index (Phi) is 4.13. The van der Waals surface area contributed by atoms with Crippen LogP contribution in [0.15, 0.2) is 22.7 Å². The van der Waals surface area contributed by atoms with Gasteiger partial charge in [0.15, 0.2) is 0 Å². The number of rotatable bonds is 4. The van der Waals surface area contributed by atoms with E-state index in [9.17, 15) is 0 Å². The van der Waals surface area contributed by atoms with E-state index >= 15 is 0 Å². The highest BCUT2D eigenvalue weighted by molar-refractivity contribution is 9.10. The maximum absolute atomic E-state index is 5.54. The third-order valence-electron chi connectivity index (χ3n) is 2.24. The van der Waals surface area contributed by atoms with E-state index in [1.807, 2.05) is 19.1 Å². The van der Waals surface area contributed by atoms with Gasteiger partial charge in [0.05, 0.1) is 7.11 Å². The zero-order valence-electron chi connectivity index (χ0n) is 10.3. The molecule has 0 fully saturated rings. The number of hydrogen-bond acceptors (Lipinski definition) is 7. The summed E-state index contributed by atoms with van der Waals surface area (Å²) >= 11 is 3.42. The summed E-state index contributed by atoms with van der Waals surface area (Å²) in [6, 6.07) is 5.75. The Hall–Kier alpha value is -1.93. The molecule has 7 nitrogen and oxygen atoms in total. The Morgan fingerprint density at radius 1 is 1.21 bits per heavy atom. The van der Waals surface area contributed by atoms with Crippen molar-refractivity contribution in [1.29, 1.82) is 0 Å². The molecule has 8 heteroatoms. The molecule has 0 unspecified atom stereocenters. The molecule has 19 heavy (non-hydrogen) atoms. The summed E-state index contributed by atoms with van der Waals surface area (Å²) < 4.78 is 11.5. The van der Waals surface area contributed by atoms with Gasteiger partial charge >= 0.3 is 12.0 Å². The third-order valence-corrected chi connectivity index (χ3v) is 3.13. The van der Waals surface area contributed by atoms with Gasteiger partial charge in [0.25, 0.3) is 0 Å². The van der Waals surface area contributed by atoms with E-state index in [4.69, 9.17) is 15.3 Å². The fourth-order valence-electron chi connectivity index (χ4n) is 1.33. The van der Waals surface area contributed by atoms with Crippen LogP contribution in [0.4, 0.5) is 5.95 Å². The van der Waals surface area contributed by atoms with Crippen LogP contribution in [0.2, 0.25) is 0 Å². The number of nitrogens with two attached hydrogens (primary N) is 1. The zero-order chi connectivity index (χ0) is 13.8. The molecular formula is C11H12BrN5O2. The predicted octanol–water partition coefficient (Wildman–Crippen LogP) is 2.03. The molecule has 0 atom stereocenters. The van der Waals surface area contributed by atoms with Gasteiger partial charge in [0, 0.05) is 4.47 Å². The molecule has 0 amide bonds. The molecule has 0 bridgehead atoms. The number of anilines is 1. The van der Waals surface area contributed by atoms with Crippen LogP contribution in [0, 0.1) is 6.92 Å². The lowest BCUT2D eigenvalue weighted by Crippen LogP contribution is -2.12. The number of nitrogens with one attached hydrogen (secondary N) is 1. The first-order valence-electron chi connectivity index (χ1n) is 5.33. The molecule has 2 rings (SSSR count). The molecule has 0 aliphatic rings. The number of methoxy groups -OCH3 is 1. The topological polar surface area (TPSA) is 95.2 Å². The fourth-order valence-corrected chi connectivity index (χ4v) is 1.57. The third kappa shape index (κ3) is 3.30. The molecule has 0 saturated carbocycles. The van der Waals surface area contributed by atoms with Crippen molar-refractivity contribution < 1.29 is 9.47 Å². The molecule has 1 aromatic carbocycles. The Balaban J connectivity index is 2.29. The summed E-state index contributed by atoms with van der Waals surface area (Å²) in [6.45, 7) is 1.96. The molecule has 0 aliphatic heterocycles. The highest BCUT2D eigenvalue weighted by Gasteiger charge is 2.08. The number of nitrogens with zero attached hydrogens (tertiary/aromatic N) is 3. The van der Waals surface area contributed by atoms with Crippen LogP contribution in [0.5, 0.6) is 17.8 Å². The molecule has 0 aliphatic carbocycles. The number of hydrogen-bond donors (Lipinski definition) is 2. The van der Waals surface area contributed by atoms with Crippen molar-refractivity contribution >= 4 is 21.9 Å². The van der Waals surface area contributed by atoms with Crippen molar-refractivity contribution in [3.63, 3.8) is 0 Å². The van der Waals surface area contributed by atoms with Crippen LogP contribution >= 0.6 is 15.9 Å². The van der Waals surface area contributed by atoms with Gasteiger partial charge in [0.1, 0.15) is 5.75 Å². The lowest BCUT2D eigenvalue weighted by atomic mass is 10.2. The van der Waals surface area contributed by atoms with E-state index < -0.39 is 0 Å². The van der Waals surface area contributed by atoms with E-state index in [0.717, 1.165) is 10.0 Å². The van der Waals surface area contributed by atoms with Gasteiger partial charge in [-0.1, -0.05) is 15.9 Å². The monoisotopic (exact) mass is 325 g/mol. The van der Waals surface area contributed by atoms with Crippen molar-refractivity contribution in [3.8, 4) is 17.8 Å². The average Bonchev–Trinajstić information content (AvgIpc) is 2.42. The van der Waals surface area contributed by atoms with E-state index in [-0.39, 0.29) is 18.0 Å². The Morgan fingerprint density at radius 3 is 2.58 bits per heavy atom. The second kappa shape index (κ2) is 5.81. The number of halogens is 1. The standard InChI is InChI=1S/C11H12BrN5O2/c1-6-5-7(3-4-8(6)12)19-11-15-9(17-13)14-10(16-11)18-2/h3-5H,13H2,1-2H3,(H,14,15,16,17). The average molecular weight is 326 g/mol. The SMILES string of the molecule is COc1nc(NN)nc(Oc2ccc(Br)c(C)c2)n1. The first-order valence-corrected chi connectivity index (χ1v) is 6.12. The van der Waals surface area contributed by atoms with Gasteiger partial charge in [0.2, 0.25) is 5.95 Å². The van der Waals surface area contributed by atoms with Gasteiger partial charge < -0.3 is 9.47 Å². The van der Waals surface area contributed by atoms with Crippen LogP contribution in [0.3, 0.4) is 0 Å². The number of aryl methyl sites for hydroxylation is 1. The highest BCUT2D eigenvalue weighted by Crippen LogP contribution is 2.25. The maximum atomic E-state index is 5.54. The minimum absolute atomic E-state index is 0.0986. The summed E-state index contributed by atoms with van der Waals surface area (Å²) in [7, 11) is 1.45. The van der Waals surface area contributed by atoms with Crippen LogP contribution < -0.4 is 20.7 Å². The summed E-state index contributed by atoms with van der Waals surface area (Å²) in [6.07, 6.45) is 0. The fraction of sp³-hybridized carbons (Fsp3) is 0.182. The lowest BCUT2D eigenvalue weighted by molar-refractivity contribution is 0.360. The summed E-state index contributed by atoms with van der Waals surface area (Å²) in [4.78, 5) is 11.8. The second-order valence-electron chi connectivity index (χ2n) is 3.59. The van der Waals surface area contributed by atoms with Gasteiger partial charge in [-0.15, -0.1) is 4.98 Å². The van der Waals surface area contributed by atoms with Gasteiger partial charge in [-0.2, -0.15) is 9.97 Å². The number of hydrazine groups is 1. The quantitative estimate of drug-likeness (QED) is 0.655. The van der Waals surface area contributed by atoms with Gasteiger partial charge in [-0.3, -0.25) is 5.43 Å². The summed E-state index contributed by atoms with van der Waals surface area (Å²) in [5.74, 6) is 6.03. The molecule has 1 heterocycles. The Morgan fingerprint density at radius 2 is 1.95 bits per heavy atom. The molecule has 1 aromatic heterocycles. The van der Waals surface area contributed by atoms with Crippen molar-refractivity contribution in [1.82, 2.24) is 15.0 Å². The van der Waals surface area contributed by atoms with Gasteiger partial charge in [-0.25, -0.2) is 5.84 Å². The lowest BCUT2D eigenvalue weighted by Gasteiger charge is -2.07. The minimum atomic E-state index is 0.0986. The second-order valence-corrected chi connectivity index (χ2v) is 4.44. The smallest absolute Gasteiger partial charge is 0.330 e. The van der Waals surface area contributed by atoms with Crippen LogP contribution in [-0.4, -0.2) is 22.1 Å². The highest BCUT2D eigenvalue weighted by atomic mass is 79.9. The predicted molar refractivity (Wildman–Crippen MR) is 73.1 cm³/mol. The Bertz CT molecular complexity index is 571. The molecule has 2 aromatic rings. The zero-order valence-corrected chi connectivity index (χ0v) is 11.9. The molecule has 0 radical (unpaired) electrons. The van der Waals surface area contributed by atoms with E-state index in [2.05, 4.69) is 36.3 Å². The van der Waals surface area contributed by atoms with E-state index in [1.165, 1.54) is 7.11 Å². The molecule has 100 valence electrons. The van der Waals surface area contributed by atoms with Crippen molar-refractivity contribution in [3.05, 3.63) is 28.2 Å². The van der Waals surface area contributed by atoms with E-state index in [0.29, 0.717) is 5.75 Å². The molecule has 0 saturated heterocycles. The number of aromatic nitrogens is 3. The van der Waals surface area contributed by atoms with Crippen LogP contribution in [0.1, 0.15) is 5.56 Å². The van der Waals surface area contributed by atoms with Gasteiger partial charge in [-0.05, 0) is 30.7 Å². The van der Waals surface area contributed by atoms with Crippen LogP contribution in [-0.2, 0) is 0 Å². The molecular weight excluding hydrogens is 314 g/mol. The number of ether oxygens (including phenoxy) is 2. The number of benzene rings is 1. The van der Waals surface area contributed by atoms with Crippen molar-refractivity contribution in [2.75, 3.05) is 12.5 Å². The Labute approximate surface area is 118 Å². The van der Waals surface area contributed by atoms with Crippen molar-refractivity contribution in [2.45, 2.75) is 6.92 Å². The van der Waals surface area contributed by atoms with Crippen LogP contribution in [0.25, 0.3) is 0 Å². The minimum Gasteiger partial charge on any atom is -0.467 e. The molecule has 0 spiro atoms.